The third kappa shape index (κ3) is 2.87. The van der Waals surface area contributed by atoms with Crippen molar-refractivity contribution in [2.24, 2.45) is 0 Å². The third-order valence-electron chi connectivity index (χ3n) is 4.28. The summed E-state index contributed by atoms with van der Waals surface area (Å²) in [4.78, 5) is 9.51. The zero-order valence-corrected chi connectivity index (χ0v) is 12.8. The number of hydrogen-bond donors (Lipinski definition) is 1. The fourth-order valence-electron chi connectivity index (χ4n) is 3.01. The number of nitrogens with zero attached hydrogens (tertiary/aromatic N) is 3. The van der Waals surface area contributed by atoms with Crippen LogP contribution in [0.3, 0.4) is 0 Å². The number of fused-ring (bicyclic) bond motifs is 1. The maximum absolute atomic E-state index is 9.45. The van der Waals surface area contributed by atoms with Gasteiger partial charge in [-0.1, -0.05) is 24.3 Å². The summed E-state index contributed by atoms with van der Waals surface area (Å²) in [5, 5.41) is 11.8. The lowest BCUT2D eigenvalue weighted by atomic mass is 10.1. The number of aliphatic hydroxyl groups excluding tert-OH is 1. The Morgan fingerprint density at radius 2 is 1.86 bits per heavy atom. The molecule has 1 aliphatic rings. The van der Waals surface area contributed by atoms with Gasteiger partial charge in [0.25, 0.3) is 0 Å². The van der Waals surface area contributed by atoms with Gasteiger partial charge in [0, 0.05) is 37.6 Å². The molecule has 0 radical (unpaired) electrons. The van der Waals surface area contributed by atoms with Crippen molar-refractivity contribution in [3.63, 3.8) is 0 Å². The molecule has 0 unspecified atom stereocenters. The summed E-state index contributed by atoms with van der Waals surface area (Å²) in [6.07, 6.45) is 0. The first-order valence-corrected chi connectivity index (χ1v) is 7.67. The highest BCUT2D eigenvalue weighted by atomic mass is 16.3. The highest BCUT2D eigenvalue weighted by Gasteiger charge is 2.21. The van der Waals surface area contributed by atoms with Gasteiger partial charge in [0.2, 0.25) is 0 Å². The molecule has 21 heavy (non-hydrogen) atoms. The summed E-state index contributed by atoms with van der Waals surface area (Å²) in [6, 6.07) is 10.9. The molecule has 1 N–H and O–H groups in total. The minimum absolute atomic E-state index is 0.0101. The molecule has 2 heterocycles. The van der Waals surface area contributed by atoms with Gasteiger partial charge in [-0.25, -0.2) is 4.98 Å². The van der Waals surface area contributed by atoms with E-state index in [4.69, 9.17) is 0 Å². The van der Waals surface area contributed by atoms with Crippen LogP contribution in [0.5, 0.6) is 0 Å². The van der Waals surface area contributed by atoms with Crippen LogP contribution >= 0.6 is 0 Å². The molecular weight excluding hydrogens is 262 g/mol. The zero-order chi connectivity index (χ0) is 14.8. The lowest BCUT2D eigenvalue weighted by Gasteiger charge is -2.38. The van der Waals surface area contributed by atoms with Crippen LogP contribution in [0.25, 0.3) is 10.8 Å². The van der Waals surface area contributed by atoms with Gasteiger partial charge in [0.1, 0.15) is 5.82 Å². The molecule has 0 spiro atoms. The monoisotopic (exact) mass is 285 g/mol. The van der Waals surface area contributed by atoms with Crippen LogP contribution in [0.2, 0.25) is 0 Å². The summed E-state index contributed by atoms with van der Waals surface area (Å²) >= 11 is 0. The van der Waals surface area contributed by atoms with E-state index in [-0.39, 0.29) is 6.61 Å². The van der Waals surface area contributed by atoms with Crippen LogP contribution in [0.4, 0.5) is 5.82 Å². The Morgan fingerprint density at radius 3 is 2.52 bits per heavy atom. The van der Waals surface area contributed by atoms with E-state index < -0.39 is 0 Å². The number of hydrogen-bond acceptors (Lipinski definition) is 4. The molecule has 1 saturated heterocycles. The molecule has 112 valence electrons. The molecule has 1 fully saturated rings. The van der Waals surface area contributed by atoms with Gasteiger partial charge in [-0.3, -0.25) is 4.90 Å². The second-order valence-electron chi connectivity index (χ2n) is 5.93. The molecule has 1 aromatic heterocycles. The molecule has 0 amide bonds. The lowest BCUT2D eigenvalue weighted by molar-refractivity contribution is 0.209. The van der Waals surface area contributed by atoms with Crippen LogP contribution in [0.15, 0.2) is 30.3 Å². The number of rotatable bonds is 3. The van der Waals surface area contributed by atoms with Crippen LogP contribution < -0.4 is 4.90 Å². The smallest absolute Gasteiger partial charge is 0.136 e. The summed E-state index contributed by atoms with van der Waals surface area (Å²) in [6.45, 7) is 8.59. The maximum atomic E-state index is 9.45. The number of aromatic nitrogens is 1. The molecule has 3 rings (SSSR count). The SMILES string of the molecule is CC(C)N1CCN(c2nc(CO)cc3ccccc23)CC1. The fourth-order valence-corrected chi connectivity index (χ4v) is 3.01. The molecule has 4 heteroatoms. The van der Waals surface area contributed by atoms with Gasteiger partial charge in [-0.05, 0) is 25.3 Å². The Morgan fingerprint density at radius 1 is 1.14 bits per heavy atom. The Hall–Kier alpha value is -1.65. The number of benzene rings is 1. The third-order valence-corrected chi connectivity index (χ3v) is 4.28. The molecule has 1 aliphatic heterocycles. The van der Waals surface area contributed by atoms with Crippen LogP contribution in [0.1, 0.15) is 19.5 Å². The van der Waals surface area contributed by atoms with E-state index in [1.807, 2.05) is 12.1 Å². The van der Waals surface area contributed by atoms with E-state index in [9.17, 15) is 5.11 Å². The van der Waals surface area contributed by atoms with Crippen molar-refractivity contribution in [2.45, 2.75) is 26.5 Å². The van der Waals surface area contributed by atoms with Crippen molar-refractivity contribution in [1.29, 1.82) is 0 Å². The lowest BCUT2D eigenvalue weighted by Crippen LogP contribution is -2.49. The van der Waals surface area contributed by atoms with Crippen LogP contribution in [-0.4, -0.2) is 47.2 Å². The van der Waals surface area contributed by atoms with E-state index in [0.717, 1.165) is 43.1 Å². The Balaban J connectivity index is 1.93. The Bertz CT molecular complexity index is 618. The number of aliphatic hydroxyl groups is 1. The van der Waals surface area contributed by atoms with E-state index >= 15 is 0 Å². The van der Waals surface area contributed by atoms with E-state index in [1.54, 1.807) is 0 Å². The maximum Gasteiger partial charge on any atom is 0.136 e. The first-order chi connectivity index (χ1) is 10.2. The van der Waals surface area contributed by atoms with Crippen molar-refractivity contribution in [1.82, 2.24) is 9.88 Å². The van der Waals surface area contributed by atoms with Crippen molar-refractivity contribution in [3.8, 4) is 0 Å². The standard InChI is InChI=1S/C17H23N3O/c1-13(2)19-7-9-20(10-8-19)17-16-6-4-3-5-14(16)11-15(12-21)18-17/h3-6,11,13,21H,7-10,12H2,1-2H3. The molecule has 0 atom stereocenters. The molecule has 0 saturated carbocycles. The second kappa shape index (κ2) is 6.00. The minimum Gasteiger partial charge on any atom is -0.390 e. The fraction of sp³-hybridized carbons (Fsp3) is 0.471. The van der Waals surface area contributed by atoms with Gasteiger partial charge in [0.05, 0.1) is 12.3 Å². The van der Waals surface area contributed by atoms with Gasteiger partial charge in [0.15, 0.2) is 0 Å². The van der Waals surface area contributed by atoms with Crippen LogP contribution in [0, 0.1) is 0 Å². The molecule has 0 aliphatic carbocycles. The number of anilines is 1. The summed E-state index contributed by atoms with van der Waals surface area (Å²) in [5.74, 6) is 1.01. The van der Waals surface area contributed by atoms with Gasteiger partial charge in [-0.2, -0.15) is 0 Å². The molecule has 1 aromatic carbocycles. The summed E-state index contributed by atoms with van der Waals surface area (Å²) < 4.78 is 0. The number of pyridine rings is 1. The summed E-state index contributed by atoms with van der Waals surface area (Å²) in [5.41, 5.74) is 0.745. The summed E-state index contributed by atoms with van der Waals surface area (Å²) in [7, 11) is 0. The molecular formula is C17H23N3O. The number of piperazine rings is 1. The average Bonchev–Trinajstić information content (AvgIpc) is 2.53. The van der Waals surface area contributed by atoms with Gasteiger partial charge >= 0.3 is 0 Å². The van der Waals surface area contributed by atoms with Crippen molar-refractivity contribution in [3.05, 3.63) is 36.0 Å². The zero-order valence-electron chi connectivity index (χ0n) is 12.8. The van der Waals surface area contributed by atoms with Gasteiger partial charge < -0.3 is 10.0 Å². The highest BCUT2D eigenvalue weighted by molar-refractivity contribution is 5.92. The molecule has 0 bridgehead atoms. The topological polar surface area (TPSA) is 39.6 Å². The largest absolute Gasteiger partial charge is 0.390 e. The normalized spacial score (nSPS) is 16.9. The van der Waals surface area contributed by atoms with Crippen molar-refractivity contribution >= 4 is 16.6 Å². The first-order valence-electron chi connectivity index (χ1n) is 7.67. The van der Waals surface area contributed by atoms with Crippen molar-refractivity contribution in [2.75, 3.05) is 31.1 Å². The first kappa shape index (κ1) is 14.3. The molecule has 2 aromatic rings. The van der Waals surface area contributed by atoms with E-state index in [2.05, 4.69) is 46.8 Å². The van der Waals surface area contributed by atoms with Crippen molar-refractivity contribution < 1.29 is 5.11 Å². The van der Waals surface area contributed by atoms with E-state index in [1.165, 1.54) is 5.39 Å². The average molecular weight is 285 g/mol. The van der Waals surface area contributed by atoms with Gasteiger partial charge in [-0.15, -0.1) is 0 Å². The minimum atomic E-state index is -0.0101. The molecule has 4 nitrogen and oxygen atoms in total. The predicted molar refractivity (Wildman–Crippen MR) is 86.6 cm³/mol. The van der Waals surface area contributed by atoms with Crippen LogP contribution in [-0.2, 0) is 6.61 Å². The predicted octanol–water partition coefficient (Wildman–Crippen LogP) is 2.26. The highest BCUT2D eigenvalue weighted by Crippen LogP contribution is 2.27. The van der Waals surface area contributed by atoms with E-state index in [0.29, 0.717) is 6.04 Å². The quantitative estimate of drug-likeness (QED) is 0.939. The Kier molecular flexibility index (Phi) is 4.08. The Labute approximate surface area is 126 Å². The second-order valence-corrected chi connectivity index (χ2v) is 5.93.